The van der Waals surface area contributed by atoms with Crippen molar-refractivity contribution in [3.05, 3.63) is 28.8 Å². The third-order valence-corrected chi connectivity index (χ3v) is 4.08. The molecule has 1 saturated heterocycles. The van der Waals surface area contributed by atoms with Crippen molar-refractivity contribution < 1.29 is 0 Å². The largest absolute Gasteiger partial charge is 0.389 e. The molecule has 0 bridgehead atoms. The van der Waals surface area contributed by atoms with Gasteiger partial charge in [0, 0.05) is 28.9 Å². The zero-order valence-corrected chi connectivity index (χ0v) is 13.4. The molecule has 0 spiro atoms. The molecule has 3 nitrogen and oxygen atoms in total. The normalized spacial score (nSPS) is 17.7. The van der Waals surface area contributed by atoms with Crippen molar-refractivity contribution in [2.75, 3.05) is 25.0 Å². The van der Waals surface area contributed by atoms with Crippen LogP contribution in [0.25, 0.3) is 0 Å². The van der Waals surface area contributed by atoms with E-state index in [0.29, 0.717) is 16.1 Å². The Morgan fingerprint density at radius 3 is 2.75 bits per heavy atom. The highest BCUT2D eigenvalue weighted by atomic mass is 35.5. The Bertz CT molecular complexity index is 472. The molecule has 1 aromatic rings. The summed E-state index contributed by atoms with van der Waals surface area (Å²) >= 11 is 11.1. The lowest BCUT2D eigenvalue weighted by atomic mass is 10.1. The van der Waals surface area contributed by atoms with Crippen molar-refractivity contribution in [1.82, 2.24) is 4.90 Å². The summed E-state index contributed by atoms with van der Waals surface area (Å²) in [5, 5.41) is 4.15. The number of halogens is 1. The van der Waals surface area contributed by atoms with Crippen molar-refractivity contribution in [2.24, 2.45) is 5.73 Å². The zero-order chi connectivity index (χ0) is 14.5. The Kier molecular flexibility index (Phi) is 5.64. The topological polar surface area (TPSA) is 41.3 Å². The molecule has 1 heterocycles. The first kappa shape index (κ1) is 15.5. The lowest BCUT2D eigenvalue weighted by molar-refractivity contribution is 0.223. The van der Waals surface area contributed by atoms with E-state index in [1.807, 2.05) is 18.2 Å². The van der Waals surface area contributed by atoms with Gasteiger partial charge < -0.3 is 16.0 Å². The number of rotatable bonds is 5. The maximum absolute atomic E-state index is 6.00. The summed E-state index contributed by atoms with van der Waals surface area (Å²) in [5.74, 6) is 0. The van der Waals surface area contributed by atoms with E-state index < -0.39 is 0 Å². The molecule has 1 aliphatic rings. The third-order valence-electron chi connectivity index (χ3n) is 3.63. The molecule has 1 aliphatic heterocycles. The minimum Gasteiger partial charge on any atom is -0.389 e. The van der Waals surface area contributed by atoms with Gasteiger partial charge in [0.2, 0.25) is 0 Å². The fraction of sp³-hybridized carbons (Fsp3) is 0.533. The number of thiocarbonyl (C=S) groups is 1. The summed E-state index contributed by atoms with van der Waals surface area (Å²) in [6.45, 7) is 5.63. The monoisotopic (exact) mass is 311 g/mol. The number of hydrogen-bond acceptors (Lipinski definition) is 3. The van der Waals surface area contributed by atoms with Crippen LogP contribution in [0.15, 0.2) is 18.2 Å². The van der Waals surface area contributed by atoms with Crippen LogP contribution in [0, 0.1) is 0 Å². The Balaban J connectivity index is 1.99. The molecule has 20 heavy (non-hydrogen) atoms. The highest BCUT2D eigenvalue weighted by Crippen LogP contribution is 2.21. The van der Waals surface area contributed by atoms with Gasteiger partial charge in [0.25, 0.3) is 0 Å². The van der Waals surface area contributed by atoms with Crippen LogP contribution in [-0.2, 0) is 0 Å². The summed E-state index contributed by atoms with van der Waals surface area (Å²) in [6, 6.07) is 5.98. The van der Waals surface area contributed by atoms with Crippen molar-refractivity contribution in [2.45, 2.75) is 32.2 Å². The quantitative estimate of drug-likeness (QED) is 0.819. The second-order valence-electron chi connectivity index (χ2n) is 5.46. The minimum absolute atomic E-state index is 0.349. The van der Waals surface area contributed by atoms with Crippen molar-refractivity contribution >= 4 is 34.5 Å². The van der Waals surface area contributed by atoms with Crippen LogP contribution in [0.4, 0.5) is 5.69 Å². The van der Waals surface area contributed by atoms with Gasteiger partial charge in [0.15, 0.2) is 0 Å². The number of piperidine rings is 1. The van der Waals surface area contributed by atoms with E-state index in [4.69, 9.17) is 29.6 Å². The van der Waals surface area contributed by atoms with Gasteiger partial charge in [-0.15, -0.1) is 0 Å². The summed E-state index contributed by atoms with van der Waals surface area (Å²) in [7, 11) is 0. The first-order chi connectivity index (χ1) is 9.56. The maximum Gasteiger partial charge on any atom is 0.106 e. The Labute approximate surface area is 131 Å². The van der Waals surface area contributed by atoms with Gasteiger partial charge in [-0.25, -0.2) is 0 Å². The molecule has 0 aliphatic carbocycles. The molecular weight excluding hydrogens is 290 g/mol. The fourth-order valence-corrected chi connectivity index (χ4v) is 3.03. The van der Waals surface area contributed by atoms with Gasteiger partial charge in [-0.05, 0) is 51.1 Å². The SMILES string of the molecule is CC(CN1CCCCC1)Nc1ccc(Cl)cc1C(N)=S. The smallest absolute Gasteiger partial charge is 0.106 e. The van der Waals surface area contributed by atoms with E-state index in [2.05, 4.69) is 17.1 Å². The lowest BCUT2D eigenvalue weighted by Gasteiger charge is -2.30. The highest BCUT2D eigenvalue weighted by Gasteiger charge is 2.14. The highest BCUT2D eigenvalue weighted by molar-refractivity contribution is 7.80. The van der Waals surface area contributed by atoms with Crippen molar-refractivity contribution in [3.8, 4) is 0 Å². The van der Waals surface area contributed by atoms with Gasteiger partial charge in [0.1, 0.15) is 4.99 Å². The Morgan fingerprint density at radius 2 is 2.10 bits per heavy atom. The lowest BCUT2D eigenvalue weighted by Crippen LogP contribution is -2.38. The van der Waals surface area contributed by atoms with Crippen LogP contribution in [0.2, 0.25) is 5.02 Å². The fourth-order valence-electron chi connectivity index (χ4n) is 2.69. The number of benzene rings is 1. The molecule has 1 atom stereocenters. The molecule has 3 N–H and O–H groups in total. The van der Waals surface area contributed by atoms with E-state index in [-0.39, 0.29) is 0 Å². The number of anilines is 1. The van der Waals surface area contributed by atoms with E-state index in [1.54, 1.807) is 0 Å². The van der Waals surface area contributed by atoms with Crippen molar-refractivity contribution in [3.63, 3.8) is 0 Å². The van der Waals surface area contributed by atoms with Crippen molar-refractivity contribution in [1.29, 1.82) is 0 Å². The van der Waals surface area contributed by atoms with Gasteiger partial charge in [0.05, 0.1) is 0 Å². The average Bonchev–Trinajstić information content (AvgIpc) is 2.41. The molecule has 1 aromatic carbocycles. The Hall–Kier alpha value is -0.840. The molecule has 110 valence electrons. The molecule has 1 fully saturated rings. The van der Waals surface area contributed by atoms with Crippen LogP contribution < -0.4 is 11.1 Å². The van der Waals surface area contributed by atoms with Gasteiger partial charge in [-0.1, -0.05) is 30.2 Å². The van der Waals surface area contributed by atoms with Crippen LogP contribution >= 0.6 is 23.8 Å². The zero-order valence-electron chi connectivity index (χ0n) is 11.9. The van der Waals surface area contributed by atoms with Gasteiger partial charge in [-0.3, -0.25) is 0 Å². The molecule has 0 radical (unpaired) electrons. The number of nitrogens with two attached hydrogens (primary N) is 1. The van der Waals surface area contributed by atoms with Crippen LogP contribution in [0.3, 0.4) is 0 Å². The standard InChI is InChI=1S/C15H22ClN3S/c1-11(10-19-7-3-2-4-8-19)18-14-6-5-12(16)9-13(14)15(17)20/h5-6,9,11,18H,2-4,7-8,10H2,1H3,(H2,17,20). The number of nitrogens with zero attached hydrogens (tertiary/aromatic N) is 1. The predicted molar refractivity (Wildman–Crippen MR) is 90.7 cm³/mol. The summed E-state index contributed by atoms with van der Waals surface area (Å²) in [4.78, 5) is 2.89. The van der Waals surface area contributed by atoms with Gasteiger partial charge in [-0.2, -0.15) is 0 Å². The Morgan fingerprint density at radius 1 is 1.40 bits per heavy atom. The number of likely N-dealkylation sites (tertiary alicyclic amines) is 1. The van der Waals surface area contributed by atoms with Crippen LogP contribution in [0.5, 0.6) is 0 Å². The second-order valence-corrected chi connectivity index (χ2v) is 6.34. The summed E-state index contributed by atoms with van der Waals surface area (Å²) in [6.07, 6.45) is 3.98. The maximum atomic E-state index is 6.00. The molecular formula is C15H22ClN3S. The number of hydrogen-bond donors (Lipinski definition) is 2. The molecule has 0 amide bonds. The van der Waals surface area contributed by atoms with Crippen LogP contribution in [-0.4, -0.2) is 35.6 Å². The minimum atomic E-state index is 0.349. The van der Waals surface area contributed by atoms with E-state index in [0.717, 1.165) is 17.8 Å². The predicted octanol–water partition coefficient (Wildman–Crippen LogP) is 3.26. The van der Waals surface area contributed by atoms with E-state index >= 15 is 0 Å². The third kappa shape index (κ3) is 4.33. The molecule has 0 saturated carbocycles. The van der Waals surface area contributed by atoms with Gasteiger partial charge >= 0.3 is 0 Å². The molecule has 0 aromatic heterocycles. The van der Waals surface area contributed by atoms with Crippen LogP contribution in [0.1, 0.15) is 31.7 Å². The average molecular weight is 312 g/mol. The second kappa shape index (κ2) is 7.25. The van der Waals surface area contributed by atoms with E-state index in [1.165, 1.54) is 32.4 Å². The van der Waals surface area contributed by atoms with E-state index in [9.17, 15) is 0 Å². The molecule has 2 rings (SSSR count). The first-order valence-electron chi connectivity index (χ1n) is 7.14. The molecule has 5 heteroatoms. The molecule has 1 unspecified atom stereocenters. The summed E-state index contributed by atoms with van der Waals surface area (Å²) < 4.78 is 0. The first-order valence-corrected chi connectivity index (χ1v) is 7.93. The summed E-state index contributed by atoms with van der Waals surface area (Å²) in [5.41, 5.74) is 7.55. The number of nitrogens with one attached hydrogen (secondary N) is 1.